The van der Waals surface area contributed by atoms with E-state index in [1.165, 1.54) is 30.6 Å². The van der Waals surface area contributed by atoms with Crippen LogP contribution in [0.5, 0.6) is 5.75 Å². The molecule has 116 valence electrons. The number of methoxy groups -OCH3 is 1. The molecule has 2 rings (SSSR count). The van der Waals surface area contributed by atoms with E-state index in [1.807, 2.05) is 0 Å². The Bertz CT molecular complexity index is 618. The topological polar surface area (TPSA) is 87.7 Å². The molecule has 8 heteroatoms. The average molecular weight is 313 g/mol. The normalized spacial score (nSPS) is 20.0. The van der Waals surface area contributed by atoms with Crippen LogP contribution >= 0.6 is 0 Å². The number of hydrogen-bond donors (Lipinski definition) is 2. The Labute approximate surface area is 124 Å². The van der Waals surface area contributed by atoms with Crippen LogP contribution in [0.15, 0.2) is 29.2 Å². The molecule has 1 unspecified atom stereocenters. The quantitative estimate of drug-likeness (QED) is 0.775. The molecule has 21 heavy (non-hydrogen) atoms. The maximum Gasteiger partial charge on any atom is 0.244 e. The van der Waals surface area contributed by atoms with E-state index in [-0.39, 0.29) is 17.3 Å². The molecule has 7 nitrogen and oxygen atoms in total. The van der Waals surface area contributed by atoms with E-state index < -0.39 is 16.1 Å². The Morgan fingerprint density at radius 2 is 2.24 bits per heavy atom. The minimum absolute atomic E-state index is 0.123. The summed E-state index contributed by atoms with van der Waals surface area (Å²) in [6.07, 6.45) is 0. The number of nitrogens with one attached hydrogen (secondary N) is 2. The van der Waals surface area contributed by atoms with Crippen LogP contribution in [0.1, 0.15) is 0 Å². The van der Waals surface area contributed by atoms with Crippen LogP contribution in [0.25, 0.3) is 0 Å². The van der Waals surface area contributed by atoms with Gasteiger partial charge in [0.25, 0.3) is 0 Å². The number of rotatable bonds is 4. The fraction of sp³-hybridized carbons (Fsp3) is 0.462. The zero-order valence-corrected chi connectivity index (χ0v) is 12.8. The molecule has 0 radical (unpaired) electrons. The standard InChI is InChI=1S/C13H19N3O4S/c1-14-13(17)12-9-15-6-7-16(12)21(18,19)11-5-3-4-10(8-11)20-2/h3-5,8,12,15H,6-7,9H2,1-2H3,(H,14,17). The predicted octanol–water partition coefficient (Wildman–Crippen LogP) is -0.596. The van der Waals surface area contributed by atoms with Crippen LogP contribution in [0, 0.1) is 0 Å². The highest BCUT2D eigenvalue weighted by Crippen LogP contribution is 2.23. The van der Waals surface area contributed by atoms with Crippen LogP contribution in [0.4, 0.5) is 0 Å². The van der Waals surface area contributed by atoms with Crippen LogP contribution in [0.2, 0.25) is 0 Å². The van der Waals surface area contributed by atoms with E-state index in [9.17, 15) is 13.2 Å². The minimum Gasteiger partial charge on any atom is -0.497 e. The first-order chi connectivity index (χ1) is 10.0. The maximum atomic E-state index is 12.7. The number of benzene rings is 1. The molecule has 1 aliphatic heterocycles. The fourth-order valence-electron chi connectivity index (χ4n) is 2.26. The van der Waals surface area contributed by atoms with Crippen LogP contribution in [-0.4, -0.2) is 58.5 Å². The lowest BCUT2D eigenvalue weighted by Gasteiger charge is -2.33. The number of hydrogen-bond acceptors (Lipinski definition) is 5. The van der Waals surface area contributed by atoms with Gasteiger partial charge in [-0.15, -0.1) is 0 Å². The minimum atomic E-state index is -3.75. The molecular weight excluding hydrogens is 294 g/mol. The molecule has 0 bridgehead atoms. The highest BCUT2D eigenvalue weighted by Gasteiger charge is 2.37. The Morgan fingerprint density at radius 1 is 1.48 bits per heavy atom. The smallest absolute Gasteiger partial charge is 0.244 e. The van der Waals surface area contributed by atoms with Crippen LogP contribution in [-0.2, 0) is 14.8 Å². The summed E-state index contributed by atoms with van der Waals surface area (Å²) in [5, 5.41) is 5.54. The summed E-state index contributed by atoms with van der Waals surface area (Å²) < 4.78 is 31.8. The van der Waals surface area contributed by atoms with Crippen LogP contribution < -0.4 is 15.4 Å². The second kappa shape index (κ2) is 6.42. The summed E-state index contributed by atoms with van der Waals surface area (Å²) in [7, 11) is -0.777. The molecule has 1 fully saturated rings. The summed E-state index contributed by atoms with van der Waals surface area (Å²) in [5.41, 5.74) is 0. The third-order valence-corrected chi connectivity index (χ3v) is 5.30. The molecule has 1 atom stereocenters. The van der Waals surface area contributed by atoms with Crippen molar-refractivity contribution in [3.8, 4) is 5.75 Å². The van der Waals surface area contributed by atoms with Crippen molar-refractivity contribution < 1.29 is 17.9 Å². The van der Waals surface area contributed by atoms with E-state index in [1.54, 1.807) is 12.1 Å². The van der Waals surface area contributed by atoms with Crippen molar-refractivity contribution in [1.82, 2.24) is 14.9 Å². The largest absolute Gasteiger partial charge is 0.497 e. The Hall–Kier alpha value is -1.64. The van der Waals surface area contributed by atoms with Gasteiger partial charge in [-0.25, -0.2) is 8.42 Å². The van der Waals surface area contributed by atoms with Gasteiger partial charge < -0.3 is 15.4 Å². The Balaban J connectivity index is 2.38. The Morgan fingerprint density at radius 3 is 2.90 bits per heavy atom. The van der Waals surface area contributed by atoms with E-state index >= 15 is 0 Å². The van der Waals surface area contributed by atoms with Crippen molar-refractivity contribution in [1.29, 1.82) is 0 Å². The first kappa shape index (κ1) is 15.7. The number of likely N-dealkylation sites (N-methyl/N-ethyl adjacent to an activating group) is 1. The fourth-order valence-corrected chi connectivity index (χ4v) is 3.88. The molecule has 1 aromatic rings. The molecule has 1 saturated heterocycles. The first-order valence-electron chi connectivity index (χ1n) is 6.59. The number of carbonyl (C=O) groups is 1. The van der Waals surface area contributed by atoms with Crippen molar-refractivity contribution in [3.63, 3.8) is 0 Å². The van der Waals surface area contributed by atoms with Crippen molar-refractivity contribution >= 4 is 15.9 Å². The summed E-state index contributed by atoms with van der Waals surface area (Å²) >= 11 is 0. The molecule has 2 N–H and O–H groups in total. The van der Waals surface area contributed by atoms with Gasteiger partial charge in [-0.05, 0) is 12.1 Å². The lowest BCUT2D eigenvalue weighted by Crippen LogP contribution is -2.59. The number of nitrogens with zero attached hydrogens (tertiary/aromatic N) is 1. The van der Waals surface area contributed by atoms with E-state index in [0.717, 1.165) is 0 Å². The van der Waals surface area contributed by atoms with Gasteiger partial charge in [0.1, 0.15) is 11.8 Å². The van der Waals surface area contributed by atoms with Crippen molar-refractivity contribution in [2.75, 3.05) is 33.8 Å². The monoisotopic (exact) mass is 313 g/mol. The van der Waals surface area contributed by atoms with Gasteiger partial charge >= 0.3 is 0 Å². The van der Waals surface area contributed by atoms with E-state index in [4.69, 9.17) is 4.74 Å². The van der Waals surface area contributed by atoms with Gasteiger partial charge in [0, 0.05) is 32.7 Å². The SMILES string of the molecule is CNC(=O)C1CNCCN1S(=O)(=O)c1cccc(OC)c1. The molecule has 0 aromatic heterocycles. The average Bonchev–Trinajstić information content (AvgIpc) is 2.54. The number of amides is 1. The summed E-state index contributed by atoms with van der Waals surface area (Å²) in [6, 6.07) is 5.49. The molecular formula is C13H19N3O4S. The maximum absolute atomic E-state index is 12.7. The summed E-state index contributed by atoms with van der Waals surface area (Å²) in [5.74, 6) is 0.136. The second-order valence-corrected chi connectivity index (χ2v) is 6.52. The zero-order chi connectivity index (χ0) is 15.5. The van der Waals surface area contributed by atoms with Gasteiger partial charge in [0.15, 0.2) is 0 Å². The molecule has 1 amide bonds. The number of sulfonamides is 1. The molecule has 0 saturated carbocycles. The first-order valence-corrected chi connectivity index (χ1v) is 8.03. The van der Waals surface area contributed by atoms with Crippen LogP contribution in [0.3, 0.4) is 0 Å². The zero-order valence-electron chi connectivity index (χ0n) is 12.0. The molecule has 0 aliphatic carbocycles. The van der Waals surface area contributed by atoms with E-state index in [2.05, 4.69) is 10.6 Å². The third kappa shape index (κ3) is 3.17. The lowest BCUT2D eigenvalue weighted by atomic mass is 10.2. The van der Waals surface area contributed by atoms with Gasteiger partial charge in [0.2, 0.25) is 15.9 Å². The number of piperazine rings is 1. The van der Waals surface area contributed by atoms with E-state index in [0.29, 0.717) is 18.8 Å². The molecule has 1 aromatic carbocycles. The van der Waals surface area contributed by atoms with Crippen molar-refractivity contribution in [2.24, 2.45) is 0 Å². The van der Waals surface area contributed by atoms with Gasteiger partial charge in [0.05, 0.1) is 12.0 Å². The highest BCUT2D eigenvalue weighted by atomic mass is 32.2. The van der Waals surface area contributed by atoms with Gasteiger partial charge in [-0.3, -0.25) is 4.79 Å². The van der Waals surface area contributed by atoms with Gasteiger partial charge in [-0.2, -0.15) is 4.31 Å². The lowest BCUT2D eigenvalue weighted by molar-refractivity contribution is -0.124. The third-order valence-electron chi connectivity index (χ3n) is 3.39. The predicted molar refractivity (Wildman–Crippen MR) is 77.6 cm³/mol. The van der Waals surface area contributed by atoms with Crippen molar-refractivity contribution in [3.05, 3.63) is 24.3 Å². The summed E-state index contributed by atoms with van der Waals surface area (Å²) in [6.45, 7) is 1.05. The highest BCUT2D eigenvalue weighted by molar-refractivity contribution is 7.89. The number of ether oxygens (including phenoxy) is 1. The van der Waals surface area contributed by atoms with Crippen molar-refractivity contribution in [2.45, 2.75) is 10.9 Å². The Kier molecular flexibility index (Phi) is 4.81. The van der Waals surface area contributed by atoms with Gasteiger partial charge in [-0.1, -0.05) is 6.07 Å². The second-order valence-electron chi connectivity index (χ2n) is 4.63. The summed E-state index contributed by atoms with van der Waals surface area (Å²) in [4.78, 5) is 12.0. The number of carbonyl (C=O) groups excluding carboxylic acids is 1. The molecule has 0 spiro atoms. The molecule has 1 aliphatic rings. The molecule has 1 heterocycles.